The Morgan fingerprint density at radius 1 is 0.857 bits per heavy atom. The lowest BCUT2D eigenvalue weighted by molar-refractivity contribution is 0.0925. The van der Waals surface area contributed by atoms with Gasteiger partial charge >= 0.3 is 0 Å². The second-order valence-electron chi connectivity index (χ2n) is 5.35. The van der Waals surface area contributed by atoms with Gasteiger partial charge in [0, 0.05) is 4.47 Å². The Bertz CT molecular complexity index is 755. The van der Waals surface area contributed by atoms with E-state index >= 15 is 0 Å². The van der Waals surface area contributed by atoms with E-state index in [4.69, 9.17) is 0 Å². The molecule has 0 radical (unpaired) electrons. The molecule has 0 saturated carbocycles. The normalized spacial score (nSPS) is 13.8. The van der Waals surface area contributed by atoms with Gasteiger partial charge < -0.3 is 0 Å². The van der Waals surface area contributed by atoms with Crippen molar-refractivity contribution in [1.29, 1.82) is 0 Å². The van der Waals surface area contributed by atoms with Crippen LogP contribution in [0.15, 0.2) is 34.8 Å². The molecule has 0 aromatic heterocycles. The molecular formula is C17H14BrNO2. The minimum Gasteiger partial charge on any atom is -0.268 e. The van der Waals surface area contributed by atoms with E-state index in [1.54, 1.807) is 6.07 Å². The summed E-state index contributed by atoms with van der Waals surface area (Å²) in [6, 6.07) is 9.35. The minimum atomic E-state index is -0.249. The summed E-state index contributed by atoms with van der Waals surface area (Å²) in [6.45, 7) is 5.68. The summed E-state index contributed by atoms with van der Waals surface area (Å²) in [6.07, 6.45) is 0. The number of carbonyl (C=O) groups excluding carboxylic acids is 2. The number of hydrogen-bond donors (Lipinski definition) is 0. The molecule has 0 N–H and O–H groups in total. The lowest BCUT2D eigenvalue weighted by Crippen LogP contribution is -2.29. The van der Waals surface area contributed by atoms with Crippen LogP contribution in [-0.4, -0.2) is 11.8 Å². The third-order valence-corrected chi connectivity index (χ3v) is 4.44. The van der Waals surface area contributed by atoms with Crippen molar-refractivity contribution in [1.82, 2.24) is 0 Å². The number of fused-ring (bicyclic) bond motifs is 1. The van der Waals surface area contributed by atoms with Crippen LogP contribution in [-0.2, 0) is 0 Å². The third kappa shape index (κ3) is 2.02. The fourth-order valence-corrected chi connectivity index (χ4v) is 3.36. The fraction of sp³-hybridized carbons (Fsp3) is 0.176. The van der Waals surface area contributed by atoms with Crippen molar-refractivity contribution < 1.29 is 9.59 Å². The second kappa shape index (κ2) is 4.81. The van der Waals surface area contributed by atoms with Crippen LogP contribution >= 0.6 is 15.9 Å². The predicted molar refractivity (Wildman–Crippen MR) is 85.9 cm³/mol. The molecule has 3 rings (SSSR count). The van der Waals surface area contributed by atoms with Crippen molar-refractivity contribution in [2.75, 3.05) is 4.90 Å². The molecule has 3 nitrogen and oxygen atoms in total. The van der Waals surface area contributed by atoms with Gasteiger partial charge in [0.05, 0.1) is 16.8 Å². The molecule has 1 heterocycles. The van der Waals surface area contributed by atoms with E-state index in [0.717, 1.165) is 21.2 Å². The molecule has 0 saturated heterocycles. The van der Waals surface area contributed by atoms with Crippen LogP contribution in [0, 0.1) is 20.8 Å². The number of aryl methyl sites for hydroxylation is 3. The van der Waals surface area contributed by atoms with Crippen molar-refractivity contribution in [2.45, 2.75) is 20.8 Å². The average Bonchev–Trinajstić information content (AvgIpc) is 2.68. The number of carbonyl (C=O) groups is 2. The molecule has 4 heteroatoms. The summed E-state index contributed by atoms with van der Waals surface area (Å²) in [5, 5.41) is 0. The topological polar surface area (TPSA) is 37.4 Å². The van der Waals surface area contributed by atoms with Gasteiger partial charge in [0.15, 0.2) is 0 Å². The molecule has 2 amide bonds. The largest absolute Gasteiger partial charge is 0.268 e. The zero-order valence-corrected chi connectivity index (χ0v) is 13.6. The Morgan fingerprint density at radius 2 is 1.38 bits per heavy atom. The van der Waals surface area contributed by atoms with Crippen molar-refractivity contribution in [3.63, 3.8) is 0 Å². The maximum absolute atomic E-state index is 12.7. The van der Waals surface area contributed by atoms with Gasteiger partial charge in [0.1, 0.15) is 0 Å². The first-order valence-corrected chi connectivity index (χ1v) is 7.46. The van der Waals surface area contributed by atoms with Gasteiger partial charge in [-0.1, -0.05) is 18.2 Å². The van der Waals surface area contributed by atoms with Gasteiger partial charge in [-0.05, 0) is 65.5 Å². The lowest BCUT2D eigenvalue weighted by atomic mass is 9.99. The van der Waals surface area contributed by atoms with Crippen LogP contribution in [0.3, 0.4) is 0 Å². The van der Waals surface area contributed by atoms with E-state index in [2.05, 4.69) is 15.9 Å². The number of hydrogen-bond acceptors (Lipinski definition) is 2. The number of benzene rings is 2. The summed E-state index contributed by atoms with van der Waals surface area (Å²) < 4.78 is 0.743. The first kappa shape index (κ1) is 14.0. The zero-order valence-electron chi connectivity index (χ0n) is 12.0. The van der Waals surface area contributed by atoms with Crippen LogP contribution in [0.1, 0.15) is 37.4 Å². The highest BCUT2D eigenvalue weighted by Crippen LogP contribution is 2.36. The highest BCUT2D eigenvalue weighted by Gasteiger charge is 2.39. The fourth-order valence-electron chi connectivity index (χ4n) is 2.69. The third-order valence-electron chi connectivity index (χ3n) is 3.80. The number of rotatable bonds is 1. The van der Waals surface area contributed by atoms with E-state index in [-0.39, 0.29) is 11.8 Å². The van der Waals surface area contributed by atoms with Gasteiger partial charge in [-0.15, -0.1) is 0 Å². The number of amides is 2. The first-order valence-electron chi connectivity index (χ1n) is 6.67. The van der Waals surface area contributed by atoms with Crippen LogP contribution in [0.2, 0.25) is 0 Å². The second-order valence-corrected chi connectivity index (χ2v) is 6.20. The molecule has 0 unspecified atom stereocenters. The Hall–Kier alpha value is -1.94. The van der Waals surface area contributed by atoms with E-state index in [0.29, 0.717) is 16.8 Å². The van der Waals surface area contributed by atoms with Crippen molar-refractivity contribution in [3.05, 3.63) is 62.6 Å². The highest BCUT2D eigenvalue weighted by molar-refractivity contribution is 9.10. The maximum atomic E-state index is 12.7. The van der Waals surface area contributed by atoms with E-state index in [9.17, 15) is 9.59 Å². The van der Waals surface area contributed by atoms with E-state index in [1.165, 1.54) is 4.90 Å². The first-order chi connectivity index (χ1) is 9.91. The monoisotopic (exact) mass is 343 g/mol. The average molecular weight is 344 g/mol. The molecule has 1 aliphatic heterocycles. The number of anilines is 1. The van der Waals surface area contributed by atoms with Crippen molar-refractivity contribution in [3.8, 4) is 0 Å². The van der Waals surface area contributed by atoms with Gasteiger partial charge in [-0.2, -0.15) is 0 Å². The smallest absolute Gasteiger partial charge is 0.266 e. The Balaban J connectivity index is 2.21. The molecule has 0 bridgehead atoms. The van der Waals surface area contributed by atoms with Crippen molar-refractivity contribution in [2.24, 2.45) is 0 Å². The number of imide groups is 1. The number of halogens is 1. The standard InChI is InChI=1S/C17H14BrNO2/c1-9-4-7-13(12(18)8-9)19-16(20)14-10(2)5-6-11(3)15(14)17(19)21/h4-8H,1-3H3. The minimum absolute atomic E-state index is 0.249. The van der Waals surface area contributed by atoms with Gasteiger partial charge in [0.2, 0.25) is 0 Å². The van der Waals surface area contributed by atoms with Gasteiger partial charge in [-0.25, -0.2) is 4.90 Å². The Labute approximate surface area is 131 Å². The van der Waals surface area contributed by atoms with Crippen molar-refractivity contribution >= 4 is 33.4 Å². The Morgan fingerprint density at radius 3 is 1.86 bits per heavy atom. The molecule has 1 aliphatic rings. The lowest BCUT2D eigenvalue weighted by Gasteiger charge is -2.16. The summed E-state index contributed by atoms with van der Waals surface area (Å²) in [7, 11) is 0. The van der Waals surface area contributed by atoms with E-state index in [1.807, 2.05) is 45.0 Å². The number of nitrogens with zero attached hydrogens (tertiary/aromatic N) is 1. The Kier molecular flexibility index (Phi) is 3.21. The molecule has 2 aromatic rings. The predicted octanol–water partition coefficient (Wildman–Crippen LogP) is 4.17. The summed E-state index contributed by atoms with van der Waals surface area (Å²) >= 11 is 3.45. The van der Waals surface area contributed by atoms with E-state index < -0.39 is 0 Å². The van der Waals surface area contributed by atoms with Gasteiger partial charge in [0.25, 0.3) is 11.8 Å². The quantitative estimate of drug-likeness (QED) is 0.728. The van der Waals surface area contributed by atoms with Crippen LogP contribution < -0.4 is 4.90 Å². The summed E-state index contributed by atoms with van der Waals surface area (Å²) in [4.78, 5) is 26.7. The molecule has 21 heavy (non-hydrogen) atoms. The summed E-state index contributed by atoms with van der Waals surface area (Å²) in [5.41, 5.74) is 4.36. The van der Waals surface area contributed by atoms with Crippen LogP contribution in [0.25, 0.3) is 0 Å². The van der Waals surface area contributed by atoms with Gasteiger partial charge in [-0.3, -0.25) is 9.59 Å². The molecule has 106 valence electrons. The highest BCUT2D eigenvalue weighted by atomic mass is 79.9. The van der Waals surface area contributed by atoms with Crippen LogP contribution in [0.5, 0.6) is 0 Å². The molecule has 0 atom stereocenters. The molecular weight excluding hydrogens is 330 g/mol. The molecule has 2 aromatic carbocycles. The SMILES string of the molecule is Cc1ccc(N2C(=O)c3c(C)ccc(C)c3C2=O)c(Br)c1. The molecule has 0 spiro atoms. The summed E-state index contributed by atoms with van der Waals surface area (Å²) in [5.74, 6) is -0.499. The molecule has 0 fully saturated rings. The zero-order chi connectivity index (χ0) is 15.3. The molecule has 0 aliphatic carbocycles. The van der Waals surface area contributed by atoms with Crippen LogP contribution in [0.4, 0.5) is 5.69 Å². The maximum Gasteiger partial charge on any atom is 0.266 e.